The van der Waals surface area contributed by atoms with E-state index in [9.17, 15) is 9.59 Å². The smallest absolute Gasteiger partial charge is 0.340 e. The van der Waals surface area contributed by atoms with Crippen LogP contribution in [0.25, 0.3) is 10.9 Å². The van der Waals surface area contributed by atoms with Crippen molar-refractivity contribution in [3.63, 3.8) is 0 Å². The second-order valence-corrected chi connectivity index (χ2v) is 6.61. The quantitative estimate of drug-likeness (QED) is 0.704. The van der Waals surface area contributed by atoms with Crippen molar-refractivity contribution in [2.45, 2.75) is 27.7 Å². The van der Waals surface area contributed by atoms with Crippen molar-refractivity contribution < 1.29 is 14.3 Å². The first-order valence-corrected chi connectivity index (χ1v) is 8.77. The highest BCUT2D eigenvalue weighted by Gasteiger charge is 2.19. The second-order valence-electron chi connectivity index (χ2n) is 6.61. The Morgan fingerprint density at radius 1 is 0.963 bits per heavy atom. The van der Waals surface area contributed by atoms with Crippen LogP contribution in [0.3, 0.4) is 0 Å². The van der Waals surface area contributed by atoms with Crippen molar-refractivity contribution in [2.75, 3.05) is 11.9 Å². The van der Waals surface area contributed by atoms with Crippen LogP contribution in [0, 0.1) is 27.7 Å². The number of aryl methyl sites for hydroxylation is 4. The lowest BCUT2D eigenvalue weighted by molar-refractivity contribution is -0.119. The molecule has 0 unspecified atom stereocenters. The average Bonchev–Trinajstić information content (AvgIpc) is 2.63. The number of fused-ring (bicyclic) bond motifs is 1. The van der Waals surface area contributed by atoms with Crippen LogP contribution < -0.4 is 5.32 Å². The number of hydrogen-bond acceptors (Lipinski definition) is 4. The van der Waals surface area contributed by atoms with Crippen LogP contribution in [0.15, 0.2) is 42.5 Å². The lowest BCUT2D eigenvalue weighted by Crippen LogP contribution is -2.22. The number of amides is 1. The zero-order valence-electron chi connectivity index (χ0n) is 15.9. The first kappa shape index (κ1) is 18.6. The van der Waals surface area contributed by atoms with Gasteiger partial charge in [-0.05, 0) is 50.5 Å². The molecule has 1 aromatic heterocycles. The monoisotopic (exact) mass is 362 g/mol. The number of ether oxygens (including phenoxy) is 1. The molecule has 0 aliphatic heterocycles. The van der Waals surface area contributed by atoms with E-state index in [0.717, 1.165) is 33.3 Å². The summed E-state index contributed by atoms with van der Waals surface area (Å²) < 4.78 is 5.26. The van der Waals surface area contributed by atoms with E-state index in [0.29, 0.717) is 11.3 Å². The van der Waals surface area contributed by atoms with Crippen LogP contribution in [0.5, 0.6) is 0 Å². The number of esters is 1. The number of benzene rings is 2. The molecule has 138 valence electrons. The number of rotatable bonds is 4. The molecular formula is C22H22N2O3. The number of aromatic nitrogens is 1. The van der Waals surface area contributed by atoms with Crippen LogP contribution in [0.4, 0.5) is 5.69 Å². The van der Waals surface area contributed by atoms with Gasteiger partial charge in [0.2, 0.25) is 0 Å². The molecule has 1 heterocycles. The Morgan fingerprint density at radius 3 is 2.33 bits per heavy atom. The number of nitrogens with zero attached hydrogens (tertiary/aromatic N) is 1. The Kier molecular flexibility index (Phi) is 5.21. The van der Waals surface area contributed by atoms with Gasteiger partial charge in [0, 0.05) is 11.1 Å². The Labute approximate surface area is 158 Å². The van der Waals surface area contributed by atoms with Gasteiger partial charge in [-0.3, -0.25) is 9.78 Å². The number of hydrogen-bond donors (Lipinski definition) is 1. The summed E-state index contributed by atoms with van der Waals surface area (Å²) in [5.74, 6) is -0.912. The van der Waals surface area contributed by atoms with Gasteiger partial charge in [-0.25, -0.2) is 4.79 Å². The van der Waals surface area contributed by atoms with E-state index in [-0.39, 0.29) is 12.5 Å². The molecule has 5 nitrogen and oxygen atoms in total. The molecule has 5 heteroatoms. The first-order chi connectivity index (χ1) is 12.9. The van der Waals surface area contributed by atoms with Gasteiger partial charge in [-0.2, -0.15) is 0 Å². The molecular weight excluding hydrogens is 340 g/mol. The molecule has 0 saturated heterocycles. The molecule has 3 rings (SSSR count). The Morgan fingerprint density at radius 2 is 1.63 bits per heavy atom. The number of nitrogens with one attached hydrogen (secondary N) is 1. The third-order valence-corrected chi connectivity index (χ3v) is 4.62. The van der Waals surface area contributed by atoms with Gasteiger partial charge < -0.3 is 10.1 Å². The Balaban J connectivity index is 1.74. The van der Waals surface area contributed by atoms with Crippen LogP contribution in [0.1, 0.15) is 32.7 Å². The zero-order valence-corrected chi connectivity index (χ0v) is 15.9. The average molecular weight is 362 g/mol. The SMILES string of the molecule is Cc1cccc(C)c1NC(=O)COC(=O)c1c(C)nc2ccccc2c1C. The summed E-state index contributed by atoms with van der Waals surface area (Å²) in [4.78, 5) is 29.3. The molecule has 0 aliphatic carbocycles. The molecule has 0 aliphatic rings. The van der Waals surface area contributed by atoms with E-state index in [4.69, 9.17) is 4.74 Å². The van der Waals surface area contributed by atoms with Gasteiger partial charge in [0.05, 0.1) is 16.8 Å². The molecule has 0 radical (unpaired) electrons. The molecule has 3 aromatic rings. The van der Waals surface area contributed by atoms with Crippen molar-refractivity contribution in [1.82, 2.24) is 4.98 Å². The van der Waals surface area contributed by atoms with Gasteiger partial charge >= 0.3 is 5.97 Å². The predicted molar refractivity (Wildman–Crippen MR) is 106 cm³/mol. The zero-order chi connectivity index (χ0) is 19.6. The van der Waals surface area contributed by atoms with Gasteiger partial charge in [-0.1, -0.05) is 36.4 Å². The fraction of sp³-hybridized carbons (Fsp3) is 0.227. The highest BCUT2D eigenvalue weighted by molar-refractivity contribution is 6.00. The molecule has 0 spiro atoms. The lowest BCUT2D eigenvalue weighted by Gasteiger charge is -2.13. The molecule has 27 heavy (non-hydrogen) atoms. The highest BCUT2D eigenvalue weighted by Crippen LogP contribution is 2.23. The van der Waals surface area contributed by atoms with Crippen LogP contribution in [0.2, 0.25) is 0 Å². The first-order valence-electron chi connectivity index (χ1n) is 8.77. The summed E-state index contributed by atoms with van der Waals surface area (Å²) in [6.07, 6.45) is 0. The second kappa shape index (κ2) is 7.58. The Bertz CT molecular complexity index is 1020. The van der Waals surface area contributed by atoms with E-state index < -0.39 is 5.97 Å². The summed E-state index contributed by atoms with van der Waals surface area (Å²) in [6.45, 7) is 7.12. The summed E-state index contributed by atoms with van der Waals surface area (Å²) in [5.41, 5.74) is 5.30. The fourth-order valence-electron chi connectivity index (χ4n) is 3.22. The van der Waals surface area contributed by atoms with Crippen molar-refractivity contribution in [1.29, 1.82) is 0 Å². The van der Waals surface area contributed by atoms with Crippen molar-refractivity contribution in [3.8, 4) is 0 Å². The number of anilines is 1. The van der Waals surface area contributed by atoms with Gasteiger partial charge in [-0.15, -0.1) is 0 Å². The highest BCUT2D eigenvalue weighted by atomic mass is 16.5. The van der Waals surface area contributed by atoms with E-state index >= 15 is 0 Å². The maximum absolute atomic E-state index is 12.6. The molecule has 0 saturated carbocycles. The van der Waals surface area contributed by atoms with Gasteiger partial charge in [0.15, 0.2) is 6.61 Å². The molecule has 2 aromatic carbocycles. The molecule has 1 amide bonds. The van der Waals surface area contributed by atoms with E-state index in [1.54, 1.807) is 6.92 Å². The normalized spacial score (nSPS) is 10.7. The number of carbonyl (C=O) groups is 2. The van der Waals surface area contributed by atoms with Gasteiger partial charge in [0.25, 0.3) is 5.91 Å². The number of para-hydroxylation sites is 2. The Hall–Kier alpha value is -3.21. The van der Waals surface area contributed by atoms with Crippen LogP contribution in [-0.2, 0) is 9.53 Å². The minimum absolute atomic E-state index is 0.349. The van der Waals surface area contributed by atoms with Crippen molar-refractivity contribution in [2.24, 2.45) is 0 Å². The summed E-state index contributed by atoms with van der Waals surface area (Å²) in [7, 11) is 0. The third-order valence-electron chi connectivity index (χ3n) is 4.62. The predicted octanol–water partition coefficient (Wildman–Crippen LogP) is 4.26. The maximum Gasteiger partial charge on any atom is 0.340 e. The fourth-order valence-corrected chi connectivity index (χ4v) is 3.22. The number of pyridine rings is 1. The summed E-state index contributed by atoms with van der Waals surface area (Å²) in [6, 6.07) is 13.4. The maximum atomic E-state index is 12.6. The summed E-state index contributed by atoms with van der Waals surface area (Å²) >= 11 is 0. The third kappa shape index (κ3) is 3.82. The van der Waals surface area contributed by atoms with E-state index in [1.165, 1.54) is 0 Å². The summed E-state index contributed by atoms with van der Waals surface area (Å²) in [5, 5.41) is 3.71. The van der Waals surface area contributed by atoms with Crippen LogP contribution in [-0.4, -0.2) is 23.5 Å². The van der Waals surface area contributed by atoms with E-state index in [2.05, 4.69) is 10.3 Å². The topological polar surface area (TPSA) is 68.3 Å². The lowest BCUT2D eigenvalue weighted by atomic mass is 10.0. The number of carbonyl (C=O) groups excluding carboxylic acids is 2. The van der Waals surface area contributed by atoms with Crippen LogP contribution >= 0.6 is 0 Å². The minimum Gasteiger partial charge on any atom is -0.452 e. The molecule has 0 bridgehead atoms. The molecule has 1 N–H and O–H groups in total. The van der Waals surface area contributed by atoms with Gasteiger partial charge in [0.1, 0.15) is 0 Å². The standard InChI is InChI=1S/C22H22N2O3/c1-13-8-7-9-14(2)21(13)24-19(25)12-27-22(26)20-15(3)17-10-5-6-11-18(17)23-16(20)4/h5-11H,12H2,1-4H3,(H,24,25). The largest absolute Gasteiger partial charge is 0.452 e. The van der Waals surface area contributed by atoms with Crippen molar-refractivity contribution >= 4 is 28.5 Å². The van der Waals surface area contributed by atoms with E-state index in [1.807, 2.05) is 63.2 Å². The molecule has 0 atom stereocenters. The minimum atomic E-state index is -0.542. The van der Waals surface area contributed by atoms with Crippen molar-refractivity contribution in [3.05, 3.63) is 70.4 Å². The molecule has 0 fully saturated rings.